The van der Waals surface area contributed by atoms with E-state index in [2.05, 4.69) is 5.32 Å². The third-order valence-corrected chi connectivity index (χ3v) is 5.38. The molecule has 1 heterocycles. The van der Waals surface area contributed by atoms with Crippen LogP contribution in [-0.2, 0) is 10.0 Å². The first-order chi connectivity index (χ1) is 9.39. The number of benzene rings is 1. The summed E-state index contributed by atoms with van der Waals surface area (Å²) in [6.07, 6.45) is 0.596. The number of nitrogens with one attached hydrogen (secondary N) is 1. The van der Waals surface area contributed by atoms with Crippen LogP contribution >= 0.6 is 0 Å². The average molecular weight is 308 g/mol. The minimum absolute atomic E-state index is 0.132. The lowest BCUT2D eigenvalue weighted by Crippen LogP contribution is -2.41. The summed E-state index contributed by atoms with van der Waals surface area (Å²) in [5, 5.41) is 3.01. The van der Waals surface area contributed by atoms with Gasteiger partial charge in [0.15, 0.2) is 17.5 Å². The number of hydrogen-bond donors (Lipinski definition) is 1. The van der Waals surface area contributed by atoms with Crippen LogP contribution in [-0.4, -0.2) is 38.4 Å². The Balaban J connectivity index is 2.46. The minimum Gasteiger partial charge on any atom is -0.315 e. The van der Waals surface area contributed by atoms with Crippen molar-refractivity contribution in [3.8, 4) is 0 Å². The number of rotatable bonds is 4. The summed E-state index contributed by atoms with van der Waals surface area (Å²) in [7, 11) is -4.19. The Morgan fingerprint density at radius 3 is 2.55 bits per heavy atom. The van der Waals surface area contributed by atoms with E-state index < -0.39 is 32.4 Å². The fourth-order valence-electron chi connectivity index (χ4n) is 2.34. The van der Waals surface area contributed by atoms with Crippen LogP contribution in [0.15, 0.2) is 17.0 Å². The van der Waals surface area contributed by atoms with Crippen LogP contribution in [0.5, 0.6) is 0 Å². The molecule has 1 aromatic carbocycles. The summed E-state index contributed by atoms with van der Waals surface area (Å²) in [6, 6.07) is 1.07. The van der Waals surface area contributed by atoms with E-state index in [0.717, 1.165) is 10.4 Å². The first-order valence-corrected chi connectivity index (χ1v) is 7.69. The van der Waals surface area contributed by atoms with Gasteiger partial charge in [0.25, 0.3) is 0 Å². The third kappa shape index (κ3) is 2.55. The van der Waals surface area contributed by atoms with Crippen LogP contribution in [0.1, 0.15) is 13.3 Å². The van der Waals surface area contributed by atoms with Gasteiger partial charge in [-0.15, -0.1) is 0 Å². The van der Waals surface area contributed by atoms with Gasteiger partial charge in [-0.05, 0) is 25.1 Å². The van der Waals surface area contributed by atoms with Crippen molar-refractivity contribution in [1.82, 2.24) is 9.62 Å². The number of hydrogen-bond acceptors (Lipinski definition) is 3. The van der Waals surface area contributed by atoms with Gasteiger partial charge < -0.3 is 5.32 Å². The van der Waals surface area contributed by atoms with Crippen LogP contribution in [0.25, 0.3) is 0 Å². The zero-order chi connectivity index (χ0) is 14.9. The largest absolute Gasteiger partial charge is 0.315 e. The normalized spacial score (nSPS) is 19.8. The lowest BCUT2D eigenvalue weighted by atomic mass is 10.3. The molecule has 1 fully saturated rings. The summed E-state index contributed by atoms with van der Waals surface area (Å²) in [4.78, 5) is -0.829. The standard InChI is InChI=1S/C12H15F3N2O2S/c1-2-17(8-5-6-16-7-8)20(18,19)10-4-3-9(13)11(14)12(10)15/h3-4,8,16H,2,5-7H2,1H3. The second-order valence-corrected chi connectivity index (χ2v) is 6.39. The molecule has 0 saturated carbocycles. The SMILES string of the molecule is CCN(C1CCNC1)S(=O)(=O)c1ccc(F)c(F)c1F. The molecule has 1 aliphatic rings. The monoisotopic (exact) mass is 308 g/mol. The van der Waals surface area contributed by atoms with Crippen molar-refractivity contribution in [1.29, 1.82) is 0 Å². The molecule has 8 heteroatoms. The van der Waals surface area contributed by atoms with Crippen molar-refractivity contribution in [3.05, 3.63) is 29.6 Å². The first kappa shape index (κ1) is 15.3. The molecule has 1 aromatic rings. The Labute approximate surface area is 115 Å². The molecular weight excluding hydrogens is 293 g/mol. The number of halogens is 3. The summed E-state index contributed by atoms with van der Waals surface area (Å²) in [5.74, 6) is -4.85. The van der Waals surface area contributed by atoms with Crippen LogP contribution < -0.4 is 5.32 Å². The molecule has 0 amide bonds. The fourth-order valence-corrected chi connectivity index (χ4v) is 4.06. The molecule has 1 saturated heterocycles. The van der Waals surface area contributed by atoms with Crippen molar-refractivity contribution in [2.24, 2.45) is 0 Å². The first-order valence-electron chi connectivity index (χ1n) is 6.25. The van der Waals surface area contributed by atoms with Gasteiger partial charge in [-0.1, -0.05) is 6.92 Å². The molecule has 1 N–H and O–H groups in total. The van der Waals surface area contributed by atoms with E-state index in [1.807, 2.05) is 0 Å². The maximum absolute atomic E-state index is 13.7. The molecular formula is C12H15F3N2O2S. The molecule has 112 valence electrons. The van der Waals surface area contributed by atoms with Crippen molar-refractivity contribution >= 4 is 10.0 Å². The highest BCUT2D eigenvalue weighted by Gasteiger charge is 2.35. The molecule has 1 unspecified atom stereocenters. The van der Waals surface area contributed by atoms with E-state index in [4.69, 9.17) is 0 Å². The highest BCUT2D eigenvalue weighted by Crippen LogP contribution is 2.25. The average Bonchev–Trinajstić information content (AvgIpc) is 2.90. The number of sulfonamides is 1. The fraction of sp³-hybridized carbons (Fsp3) is 0.500. The van der Waals surface area contributed by atoms with E-state index >= 15 is 0 Å². The Morgan fingerprint density at radius 1 is 1.30 bits per heavy atom. The highest BCUT2D eigenvalue weighted by atomic mass is 32.2. The third-order valence-electron chi connectivity index (χ3n) is 3.34. The number of likely N-dealkylation sites (N-methyl/N-ethyl adjacent to an activating group) is 1. The number of nitrogens with zero attached hydrogens (tertiary/aromatic N) is 1. The zero-order valence-corrected chi connectivity index (χ0v) is 11.7. The topological polar surface area (TPSA) is 49.4 Å². The molecule has 0 aromatic heterocycles. The molecule has 0 aliphatic carbocycles. The van der Waals surface area contributed by atoms with Crippen molar-refractivity contribution in [2.75, 3.05) is 19.6 Å². The summed E-state index contributed by atoms with van der Waals surface area (Å²) in [5.41, 5.74) is 0. The van der Waals surface area contributed by atoms with E-state index in [0.29, 0.717) is 25.6 Å². The van der Waals surface area contributed by atoms with Gasteiger partial charge in [0, 0.05) is 19.1 Å². The molecule has 2 rings (SSSR count). The highest BCUT2D eigenvalue weighted by molar-refractivity contribution is 7.89. The van der Waals surface area contributed by atoms with Crippen molar-refractivity contribution in [2.45, 2.75) is 24.3 Å². The maximum Gasteiger partial charge on any atom is 0.246 e. The Hall–Kier alpha value is -1.12. The molecule has 0 bridgehead atoms. The predicted octanol–water partition coefficient (Wildman–Crippen LogP) is 1.48. The van der Waals surface area contributed by atoms with E-state index in [-0.39, 0.29) is 12.6 Å². The summed E-state index contributed by atoms with van der Waals surface area (Å²) in [6.45, 7) is 2.87. The lowest BCUT2D eigenvalue weighted by molar-refractivity contribution is 0.344. The van der Waals surface area contributed by atoms with Crippen molar-refractivity contribution < 1.29 is 21.6 Å². The van der Waals surface area contributed by atoms with E-state index in [9.17, 15) is 21.6 Å². The maximum atomic E-state index is 13.7. The Bertz CT molecular complexity index is 601. The quantitative estimate of drug-likeness (QED) is 0.857. The van der Waals surface area contributed by atoms with E-state index in [1.165, 1.54) is 0 Å². The second-order valence-electron chi connectivity index (χ2n) is 4.53. The lowest BCUT2D eigenvalue weighted by Gasteiger charge is -2.26. The van der Waals surface area contributed by atoms with Crippen LogP contribution in [0.2, 0.25) is 0 Å². The summed E-state index contributed by atoms with van der Waals surface area (Å²) < 4.78 is 65.7. The van der Waals surface area contributed by atoms with Gasteiger partial charge in [0.05, 0.1) is 0 Å². The van der Waals surface area contributed by atoms with Crippen LogP contribution in [0.4, 0.5) is 13.2 Å². The van der Waals surface area contributed by atoms with Gasteiger partial charge in [-0.25, -0.2) is 21.6 Å². The van der Waals surface area contributed by atoms with Crippen LogP contribution in [0, 0.1) is 17.5 Å². The Morgan fingerprint density at radius 2 is 2.00 bits per heavy atom. The van der Waals surface area contributed by atoms with Gasteiger partial charge >= 0.3 is 0 Å². The van der Waals surface area contributed by atoms with Gasteiger partial charge in [0.2, 0.25) is 10.0 Å². The zero-order valence-electron chi connectivity index (χ0n) is 10.9. The minimum atomic E-state index is -4.19. The van der Waals surface area contributed by atoms with Gasteiger partial charge in [-0.2, -0.15) is 4.31 Å². The molecule has 0 radical (unpaired) electrons. The van der Waals surface area contributed by atoms with Gasteiger partial charge in [-0.3, -0.25) is 0 Å². The van der Waals surface area contributed by atoms with Crippen molar-refractivity contribution in [3.63, 3.8) is 0 Å². The molecule has 1 atom stereocenters. The van der Waals surface area contributed by atoms with Gasteiger partial charge in [0.1, 0.15) is 4.90 Å². The second kappa shape index (κ2) is 5.71. The molecule has 4 nitrogen and oxygen atoms in total. The van der Waals surface area contributed by atoms with Crippen LogP contribution in [0.3, 0.4) is 0 Å². The molecule has 0 spiro atoms. The summed E-state index contributed by atoms with van der Waals surface area (Å²) >= 11 is 0. The molecule has 1 aliphatic heterocycles. The smallest absolute Gasteiger partial charge is 0.246 e. The van der Waals surface area contributed by atoms with E-state index in [1.54, 1.807) is 6.92 Å². The predicted molar refractivity (Wildman–Crippen MR) is 67.2 cm³/mol. The molecule has 20 heavy (non-hydrogen) atoms. The Kier molecular flexibility index (Phi) is 4.36.